The zero-order valence-corrected chi connectivity index (χ0v) is 18.6. The van der Waals surface area contributed by atoms with E-state index in [9.17, 15) is 25.1 Å². The third kappa shape index (κ3) is 3.89. The van der Waals surface area contributed by atoms with Crippen LogP contribution in [0.25, 0.3) is 11.1 Å². The van der Waals surface area contributed by atoms with Crippen molar-refractivity contribution in [3.63, 3.8) is 0 Å². The Hall–Kier alpha value is -5.49. The number of aromatic carboxylic acids is 1. The van der Waals surface area contributed by atoms with Crippen molar-refractivity contribution in [1.29, 1.82) is 5.26 Å². The number of carbonyl (C=O) groups excluding carboxylic acids is 1. The number of hydrazone groups is 1. The lowest BCUT2D eigenvalue weighted by Crippen LogP contribution is -2.26. The molecule has 36 heavy (non-hydrogen) atoms. The van der Waals surface area contributed by atoms with E-state index < -0.39 is 11.9 Å². The van der Waals surface area contributed by atoms with Gasteiger partial charge in [-0.15, -0.1) is 0 Å². The molecule has 5 rings (SSSR count). The van der Waals surface area contributed by atoms with E-state index in [2.05, 4.69) is 15.5 Å². The van der Waals surface area contributed by atoms with E-state index >= 15 is 0 Å². The molecule has 1 amide bonds. The van der Waals surface area contributed by atoms with Gasteiger partial charge in [-0.25, -0.2) is 4.79 Å². The first-order valence-corrected chi connectivity index (χ1v) is 10.8. The molecule has 0 saturated carbocycles. The molecule has 0 saturated heterocycles. The van der Waals surface area contributed by atoms with E-state index in [4.69, 9.17) is 0 Å². The maximum atomic E-state index is 13.4. The Balaban J connectivity index is 1.51. The number of hydrogen-bond acceptors (Lipinski definition) is 7. The number of anilines is 3. The van der Waals surface area contributed by atoms with Crippen molar-refractivity contribution in [2.45, 2.75) is 0 Å². The molecule has 1 aliphatic heterocycles. The van der Waals surface area contributed by atoms with Crippen LogP contribution in [0.1, 0.15) is 21.5 Å². The number of nitrogens with one attached hydrogen (secondary N) is 1. The molecule has 0 fully saturated rings. The summed E-state index contributed by atoms with van der Waals surface area (Å²) in [6.45, 7) is 0. The zero-order chi connectivity index (χ0) is 25.2. The summed E-state index contributed by atoms with van der Waals surface area (Å²) >= 11 is 0. The lowest BCUT2D eigenvalue weighted by Gasteiger charge is -2.16. The lowest BCUT2D eigenvalue weighted by atomic mass is 10.0. The lowest BCUT2D eigenvalue weighted by molar-refractivity contribution is -0.111. The van der Waals surface area contributed by atoms with Gasteiger partial charge in [0.15, 0.2) is 5.71 Å². The fourth-order valence-corrected chi connectivity index (χ4v) is 3.98. The van der Waals surface area contributed by atoms with Crippen molar-refractivity contribution in [2.75, 3.05) is 10.3 Å². The second-order valence-electron chi connectivity index (χ2n) is 7.86. The minimum atomic E-state index is -1.07. The summed E-state index contributed by atoms with van der Waals surface area (Å²) in [5.74, 6) is -1.65. The Morgan fingerprint density at radius 3 is 2.58 bits per heavy atom. The second kappa shape index (κ2) is 9.04. The van der Waals surface area contributed by atoms with E-state index in [0.717, 1.165) is 0 Å². The van der Waals surface area contributed by atoms with E-state index in [-0.39, 0.29) is 22.7 Å². The Morgan fingerprint density at radius 1 is 1.00 bits per heavy atom. The number of carbonyl (C=O) groups is 2. The number of phenolic OH excluding ortho intramolecular Hbond substituents is 1. The first-order valence-electron chi connectivity index (χ1n) is 10.8. The topological polar surface area (TPSA) is 139 Å². The predicted octanol–water partition coefficient (Wildman–Crippen LogP) is 4.52. The third-order valence-corrected chi connectivity index (χ3v) is 5.66. The Morgan fingerprint density at radius 2 is 1.78 bits per heavy atom. The van der Waals surface area contributed by atoms with Gasteiger partial charge in [0.05, 0.1) is 34.4 Å². The van der Waals surface area contributed by atoms with Crippen LogP contribution in [0.3, 0.4) is 0 Å². The second-order valence-corrected chi connectivity index (χ2v) is 7.86. The van der Waals surface area contributed by atoms with Crippen LogP contribution in [0.4, 0.5) is 17.1 Å². The van der Waals surface area contributed by atoms with Crippen LogP contribution in [-0.4, -0.2) is 32.8 Å². The Bertz CT molecular complexity index is 1610. The number of pyridine rings is 1. The van der Waals surface area contributed by atoms with E-state index in [1.165, 1.54) is 29.4 Å². The average molecular weight is 475 g/mol. The molecule has 0 radical (unpaired) electrons. The summed E-state index contributed by atoms with van der Waals surface area (Å²) in [4.78, 5) is 30.2. The number of phenols is 1. The van der Waals surface area contributed by atoms with Crippen LogP contribution in [0.5, 0.6) is 5.75 Å². The number of aromatic hydroxyl groups is 1. The molecular formula is C27H17N5O4. The Labute approximate surface area is 205 Å². The molecule has 3 aromatic carbocycles. The highest BCUT2D eigenvalue weighted by atomic mass is 16.4. The van der Waals surface area contributed by atoms with Crippen molar-refractivity contribution in [3.05, 3.63) is 102 Å². The molecule has 9 nitrogen and oxygen atoms in total. The van der Waals surface area contributed by atoms with Crippen LogP contribution in [-0.2, 0) is 4.79 Å². The monoisotopic (exact) mass is 475 g/mol. The maximum absolute atomic E-state index is 13.4. The number of amides is 1. The van der Waals surface area contributed by atoms with Crippen LogP contribution in [0, 0.1) is 11.3 Å². The number of carboxylic acids is 1. The minimum Gasteiger partial charge on any atom is -0.505 e. The minimum absolute atomic E-state index is 0.0914. The van der Waals surface area contributed by atoms with Gasteiger partial charge in [-0.1, -0.05) is 42.5 Å². The number of para-hydroxylation sites is 2. The van der Waals surface area contributed by atoms with E-state index in [1.54, 1.807) is 60.7 Å². The summed E-state index contributed by atoms with van der Waals surface area (Å²) in [6.07, 6.45) is 2.90. The molecule has 0 atom stereocenters. The summed E-state index contributed by atoms with van der Waals surface area (Å²) in [5.41, 5.74) is 6.04. The number of aromatic nitrogens is 1. The standard InChI is InChI=1S/C27H17N5O4/c28-13-16-11-19(15-29-14-16)32-23-10-2-1-7-21(23)24(26(32)34)31-30-22-9-4-8-20(25(22)33)17-5-3-6-18(12-17)27(35)36/h1-12,14-15,30,33H,(H,35,36)/b31-24-. The number of hydrogen-bond donors (Lipinski definition) is 3. The largest absolute Gasteiger partial charge is 0.505 e. The van der Waals surface area contributed by atoms with Crippen molar-refractivity contribution in [2.24, 2.45) is 5.10 Å². The van der Waals surface area contributed by atoms with Crippen LogP contribution < -0.4 is 10.3 Å². The van der Waals surface area contributed by atoms with Gasteiger partial charge in [-0.2, -0.15) is 10.4 Å². The summed E-state index contributed by atoms with van der Waals surface area (Å²) in [6, 6.07) is 21.8. The highest BCUT2D eigenvalue weighted by Crippen LogP contribution is 2.38. The van der Waals surface area contributed by atoms with Crippen molar-refractivity contribution in [3.8, 4) is 22.9 Å². The molecule has 0 bridgehead atoms. The molecule has 3 N–H and O–H groups in total. The number of nitriles is 1. The van der Waals surface area contributed by atoms with E-state index in [1.807, 2.05) is 6.07 Å². The van der Waals surface area contributed by atoms with Gasteiger partial charge in [-0.05, 0) is 35.9 Å². The quantitative estimate of drug-likeness (QED) is 0.285. The number of benzene rings is 3. The highest BCUT2D eigenvalue weighted by Gasteiger charge is 2.35. The predicted molar refractivity (Wildman–Crippen MR) is 133 cm³/mol. The molecule has 0 spiro atoms. The molecule has 0 unspecified atom stereocenters. The van der Waals surface area contributed by atoms with Gasteiger partial charge in [0.25, 0.3) is 5.91 Å². The molecule has 1 aromatic heterocycles. The fourth-order valence-electron chi connectivity index (χ4n) is 3.98. The molecule has 0 aliphatic carbocycles. The fraction of sp³-hybridized carbons (Fsp3) is 0. The van der Waals surface area contributed by atoms with Crippen LogP contribution >= 0.6 is 0 Å². The average Bonchev–Trinajstić information content (AvgIpc) is 3.19. The molecule has 1 aliphatic rings. The van der Waals surface area contributed by atoms with Crippen LogP contribution in [0.2, 0.25) is 0 Å². The SMILES string of the molecule is N#Cc1cncc(N2C(=O)/C(=N\Nc3cccc(-c4cccc(C(=O)O)c4)c3O)c3ccccc32)c1. The number of carboxylic acid groups (broad SMARTS) is 1. The summed E-state index contributed by atoms with van der Waals surface area (Å²) < 4.78 is 0. The number of fused-ring (bicyclic) bond motifs is 1. The van der Waals surface area contributed by atoms with Gasteiger partial charge < -0.3 is 10.2 Å². The normalized spacial score (nSPS) is 13.4. The molecule has 174 valence electrons. The van der Waals surface area contributed by atoms with Crippen molar-refractivity contribution >= 4 is 34.7 Å². The summed E-state index contributed by atoms with van der Waals surface area (Å²) in [5, 5.41) is 33.7. The molecular weight excluding hydrogens is 458 g/mol. The molecule has 9 heteroatoms. The highest BCUT2D eigenvalue weighted by molar-refractivity contribution is 6.55. The Kier molecular flexibility index (Phi) is 5.60. The molecule has 2 heterocycles. The van der Waals surface area contributed by atoms with Gasteiger partial charge in [0.1, 0.15) is 11.8 Å². The van der Waals surface area contributed by atoms with E-state index in [0.29, 0.717) is 33.6 Å². The number of nitrogens with zero attached hydrogens (tertiary/aromatic N) is 4. The first-order chi connectivity index (χ1) is 17.5. The zero-order valence-electron chi connectivity index (χ0n) is 18.6. The van der Waals surface area contributed by atoms with Crippen LogP contribution in [0.15, 0.2) is 90.3 Å². The number of rotatable bonds is 5. The van der Waals surface area contributed by atoms with Gasteiger partial charge in [0.2, 0.25) is 0 Å². The summed E-state index contributed by atoms with van der Waals surface area (Å²) in [7, 11) is 0. The van der Waals surface area contributed by atoms with Crippen molar-refractivity contribution < 1.29 is 19.8 Å². The van der Waals surface area contributed by atoms with Crippen molar-refractivity contribution in [1.82, 2.24) is 4.98 Å². The van der Waals surface area contributed by atoms with Gasteiger partial charge >= 0.3 is 5.97 Å². The molecule has 4 aromatic rings. The first kappa shape index (κ1) is 22.3. The third-order valence-electron chi connectivity index (χ3n) is 5.66. The maximum Gasteiger partial charge on any atom is 0.335 e. The van der Waals surface area contributed by atoms with Gasteiger partial charge in [0, 0.05) is 17.3 Å². The van der Waals surface area contributed by atoms with Gasteiger partial charge in [-0.3, -0.25) is 20.1 Å². The smallest absolute Gasteiger partial charge is 0.335 e.